The molecule has 18 heavy (non-hydrogen) atoms. The van der Waals surface area contributed by atoms with Crippen LogP contribution in [0.4, 0.5) is 0 Å². The Balaban J connectivity index is 2.65. The zero-order valence-corrected chi connectivity index (χ0v) is 11.6. The summed E-state index contributed by atoms with van der Waals surface area (Å²) < 4.78 is 10.9. The molecule has 1 amide bonds. The van der Waals surface area contributed by atoms with E-state index in [1.165, 1.54) is 12.3 Å². The third-order valence-corrected chi connectivity index (χ3v) is 3.33. The molecule has 2 N–H and O–H groups in total. The van der Waals surface area contributed by atoms with Gasteiger partial charge >= 0.3 is 0 Å². The van der Waals surface area contributed by atoms with Gasteiger partial charge in [-0.2, -0.15) is 0 Å². The molecule has 100 valence electrons. The van der Waals surface area contributed by atoms with Crippen molar-refractivity contribution in [3.63, 3.8) is 0 Å². The largest absolute Gasteiger partial charge is 0.364 e. The van der Waals surface area contributed by atoms with E-state index in [0.29, 0.717) is 17.9 Å². The molecule has 0 bridgehead atoms. The lowest BCUT2D eigenvalue weighted by Crippen LogP contribution is -2.36. The van der Waals surface area contributed by atoms with Crippen molar-refractivity contribution in [2.24, 2.45) is 0 Å². The highest BCUT2D eigenvalue weighted by molar-refractivity contribution is 7.84. The van der Waals surface area contributed by atoms with Crippen LogP contribution in [0.25, 0.3) is 0 Å². The maximum atomic E-state index is 11.8. The normalized spacial score (nSPS) is 13.9. The van der Waals surface area contributed by atoms with Gasteiger partial charge in [0.25, 0.3) is 5.91 Å². The molecular formula is C12H18N2O3S. The van der Waals surface area contributed by atoms with Gasteiger partial charge in [-0.05, 0) is 20.3 Å². The highest BCUT2D eigenvalue weighted by atomic mass is 32.2. The molecule has 0 aliphatic heterocycles. The van der Waals surface area contributed by atoms with Gasteiger partial charge in [0.15, 0.2) is 5.43 Å². The molecule has 0 fully saturated rings. The zero-order valence-electron chi connectivity index (χ0n) is 10.8. The highest BCUT2D eigenvalue weighted by Gasteiger charge is 2.13. The highest BCUT2D eigenvalue weighted by Crippen LogP contribution is 1.97. The predicted molar refractivity (Wildman–Crippen MR) is 72.3 cm³/mol. The number of aromatic amines is 1. The van der Waals surface area contributed by atoms with Gasteiger partial charge in [0.05, 0.1) is 0 Å². The van der Waals surface area contributed by atoms with Crippen LogP contribution in [0.5, 0.6) is 0 Å². The molecule has 1 heterocycles. The Bertz CT molecular complexity index is 510. The maximum absolute atomic E-state index is 11.8. The van der Waals surface area contributed by atoms with E-state index in [-0.39, 0.29) is 17.0 Å². The number of aromatic nitrogens is 1. The fourth-order valence-electron chi connectivity index (χ4n) is 1.47. The molecule has 0 aliphatic carbocycles. The van der Waals surface area contributed by atoms with E-state index >= 15 is 0 Å². The standard InChI is InChI=1S/C12H18N2O3S/c1-8(4-5-18(3)17)14-12(16)10-7-13-9(2)6-11(10)15/h6-8H,4-5H2,1-3H3,(H,13,15)(H,14,16). The molecule has 0 radical (unpaired) electrons. The summed E-state index contributed by atoms with van der Waals surface area (Å²) in [6.45, 7) is 3.58. The molecule has 1 aromatic heterocycles. The molecule has 0 aliphatic rings. The molecule has 6 heteroatoms. The maximum Gasteiger partial charge on any atom is 0.256 e. The van der Waals surface area contributed by atoms with Gasteiger partial charge in [0.1, 0.15) is 5.56 Å². The average molecular weight is 270 g/mol. The molecule has 0 saturated carbocycles. The number of pyridine rings is 1. The number of hydrogen-bond donors (Lipinski definition) is 2. The number of hydrogen-bond acceptors (Lipinski definition) is 3. The number of amides is 1. The van der Waals surface area contributed by atoms with Gasteiger partial charge in [-0.15, -0.1) is 0 Å². The van der Waals surface area contributed by atoms with E-state index in [1.54, 1.807) is 13.2 Å². The molecular weight excluding hydrogens is 252 g/mol. The molecule has 0 saturated heterocycles. The second-order valence-electron chi connectivity index (χ2n) is 4.33. The van der Waals surface area contributed by atoms with Crippen molar-refractivity contribution in [3.8, 4) is 0 Å². The molecule has 1 aromatic rings. The Kier molecular flexibility index (Phi) is 5.27. The number of nitrogens with one attached hydrogen (secondary N) is 2. The van der Waals surface area contributed by atoms with Crippen molar-refractivity contribution in [2.45, 2.75) is 26.3 Å². The van der Waals surface area contributed by atoms with Crippen molar-refractivity contribution in [1.82, 2.24) is 10.3 Å². The van der Waals surface area contributed by atoms with Crippen LogP contribution in [-0.2, 0) is 10.8 Å². The van der Waals surface area contributed by atoms with Crippen LogP contribution < -0.4 is 10.7 Å². The number of carbonyl (C=O) groups is 1. The van der Waals surface area contributed by atoms with Crippen LogP contribution in [0, 0.1) is 6.92 Å². The van der Waals surface area contributed by atoms with Gasteiger partial charge in [-0.1, -0.05) is 0 Å². The summed E-state index contributed by atoms with van der Waals surface area (Å²) in [7, 11) is -0.872. The summed E-state index contributed by atoms with van der Waals surface area (Å²) in [5.74, 6) is 0.136. The fraction of sp³-hybridized carbons (Fsp3) is 0.500. The Morgan fingerprint density at radius 3 is 2.78 bits per heavy atom. The first-order valence-electron chi connectivity index (χ1n) is 5.70. The summed E-state index contributed by atoms with van der Waals surface area (Å²) >= 11 is 0. The smallest absolute Gasteiger partial charge is 0.256 e. The molecule has 1 rings (SSSR count). The quantitative estimate of drug-likeness (QED) is 0.821. The Hall–Kier alpha value is -1.43. The molecule has 5 nitrogen and oxygen atoms in total. The molecule has 0 spiro atoms. The fourth-order valence-corrected chi connectivity index (χ4v) is 2.15. The minimum absolute atomic E-state index is 0.102. The molecule has 2 atom stereocenters. The van der Waals surface area contributed by atoms with Crippen molar-refractivity contribution >= 4 is 16.7 Å². The van der Waals surface area contributed by atoms with Crippen LogP contribution in [0.15, 0.2) is 17.1 Å². The number of carbonyl (C=O) groups excluding carboxylic acids is 1. The lowest BCUT2D eigenvalue weighted by molar-refractivity contribution is 0.0938. The topological polar surface area (TPSA) is 79.0 Å². The van der Waals surface area contributed by atoms with E-state index in [4.69, 9.17) is 0 Å². The second-order valence-corrected chi connectivity index (χ2v) is 5.89. The van der Waals surface area contributed by atoms with Gasteiger partial charge in [-0.3, -0.25) is 13.8 Å². The minimum Gasteiger partial charge on any atom is -0.364 e. The van der Waals surface area contributed by atoms with Gasteiger partial charge in [-0.25, -0.2) is 0 Å². The van der Waals surface area contributed by atoms with Crippen LogP contribution in [0.1, 0.15) is 29.4 Å². The van der Waals surface area contributed by atoms with Crippen molar-refractivity contribution in [1.29, 1.82) is 0 Å². The van der Waals surface area contributed by atoms with Crippen LogP contribution in [0.3, 0.4) is 0 Å². The van der Waals surface area contributed by atoms with E-state index in [9.17, 15) is 13.8 Å². The predicted octanol–water partition coefficient (Wildman–Crippen LogP) is 0.570. The van der Waals surface area contributed by atoms with E-state index in [2.05, 4.69) is 10.3 Å². The molecule has 0 aromatic carbocycles. The second kappa shape index (κ2) is 6.49. The van der Waals surface area contributed by atoms with Crippen molar-refractivity contribution < 1.29 is 9.00 Å². The first-order valence-corrected chi connectivity index (χ1v) is 7.43. The first-order chi connectivity index (χ1) is 8.40. The Morgan fingerprint density at radius 1 is 1.56 bits per heavy atom. The van der Waals surface area contributed by atoms with Crippen LogP contribution in [0.2, 0.25) is 0 Å². The lowest BCUT2D eigenvalue weighted by atomic mass is 10.2. The van der Waals surface area contributed by atoms with Gasteiger partial charge in [0, 0.05) is 46.8 Å². The third kappa shape index (κ3) is 4.44. The number of rotatable bonds is 5. The van der Waals surface area contributed by atoms with Crippen LogP contribution >= 0.6 is 0 Å². The van der Waals surface area contributed by atoms with E-state index in [0.717, 1.165) is 0 Å². The summed E-state index contributed by atoms with van der Waals surface area (Å²) in [6.07, 6.45) is 3.66. The summed E-state index contributed by atoms with van der Waals surface area (Å²) in [5.41, 5.74) is 0.520. The number of aryl methyl sites for hydroxylation is 1. The zero-order chi connectivity index (χ0) is 13.7. The summed E-state index contributed by atoms with van der Waals surface area (Å²) in [4.78, 5) is 26.3. The summed E-state index contributed by atoms with van der Waals surface area (Å²) in [6, 6.07) is 1.28. The Labute approximate surface area is 108 Å². The summed E-state index contributed by atoms with van der Waals surface area (Å²) in [5, 5.41) is 2.72. The Morgan fingerprint density at radius 2 is 2.22 bits per heavy atom. The molecule has 2 unspecified atom stereocenters. The van der Waals surface area contributed by atoms with E-state index in [1.807, 2.05) is 6.92 Å². The van der Waals surface area contributed by atoms with Crippen molar-refractivity contribution in [2.75, 3.05) is 12.0 Å². The first kappa shape index (κ1) is 14.6. The number of H-pyrrole nitrogens is 1. The van der Waals surface area contributed by atoms with E-state index < -0.39 is 16.7 Å². The lowest BCUT2D eigenvalue weighted by Gasteiger charge is -2.12. The van der Waals surface area contributed by atoms with Gasteiger partial charge in [0.2, 0.25) is 0 Å². The SMILES string of the molecule is Cc1cc(=O)c(C(=O)NC(C)CCS(C)=O)c[nH]1. The monoisotopic (exact) mass is 270 g/mol. The third-order valence-electron chi connectivity index (χ3n) is 2.52. The van der Waals surface area contributed by atoms with Crippen LogP contribution in [-0.4, -0.2) is 33.2 Å². The van der Waals surface area contributed by atoms with Crippen molar-refractivity contribution in [3.05, 3.63) is 33.7 Å². The minimum atomic E-state index is -0.872. The van der Waals surface area contributed by atoms with Gasteiger partial charge < -0.3 is 10.3 Å². The average Bonchev–Trinajstić information content (AvgIpc) is 2.26.